The highest BCUT2D eigenvalue weighted by molar-refractivity contribution is 5.96. The number of hydrogen-bond acceptors (Lipinski definition) is 1. The Balaban J connectivity index is 3.00. The number of hydrogen-bond donors (Lipinski definition) is 0. The number of benzene rings is 1. The molecule has 0 amide bonds. The number of carbonyl (C=O) groups excluding carboxylic acids is 1. The first kappa shape index (κ1) is 14.0. The maximum absolute atomic E-state index is 12.0. The molecule has 0 aliphatic rings. The fourth-order valence-electron chi connectivity index (χ4n) is 2.09. The summed E-state index contributed by atoms with van der Waals surface area (Å²) in [6.45, 7) is 10.8. The van der Waals surface area contributed by atoms with E-state index in [-0.39, 0.29) is 11.2 Å². The van der Waals surface area contributed by atoms with Crippen LogP contribution in [0, 0.1) is 6.92 Å². The molecular weight excluding hydrogens is 208 g/mol. The van der Waals surface area contributed by atoms with Crippen LogP contribution in [0.1, 0.15) is 68.4 Å². The number of carbonyl (C=O) groups is 1. The first-order chi connectivity index (χ1) is 7.86. The Hall–Kier alpha value is -1.11. The normalized spacial score (nSPS) is 11.6. The van der Waals surface area contributed by atoms with E-state index in [1.54, 1.807) is 0 Å². The van der Waals surface area contributed by atoms with Gasteiger partial charge in [0.1, 0.15) is 0 Å². The first-order valence-corrected chi connectivity index (χ1v) is 6.50. The summed E-state index contributed by atoms with van der Waals surface area (Å²) >= 11 is 0. The van der Waals surface area contributed by atoms with Crippen molar-refractivity contribution in [2.75, 3.05) is 0 Å². The van der Waals surface area contributed by atoms with Crippen LogP contribution in [0.15, 0.2) is 18.2 Å². The second kappa shape index (κ2) is 5.48. The standard InChI is InChI=1S/C16H24O/c1-6-7-8-15(17)13-10-9-12(2)14(11-13)16(3,4)5/h9-11H,6-8H2,1-5H3. The lowest BCUT2D eigenvalue weighted by molar-refractivity contribution is 0.0979. The van der Waals surface area contributed by atoms with Crippen LogP contribution in [0.4, 0.5) is 0 Å². The number of Topliss-reactive ketones (excluding diaryl/α,β-unsaturated/α-hetero) is 1. The maximum Gasteiger partial charge on any atom is 0.162 e. The van der Waals surface area contributed by atoms with E-state index in [4.69, 9.17) is 0 Å². The summed E-state index contributed by atoms with van der Waals surface area (Å²) in [5.74, 6) is 0.275. The minimum absolute atomic E-state index is 0.102. The Labute approximate surface area is 105 Å². The van der Waals surface area contributed by atoms with Crippen molar-refractivity contribution in [1.29, 1.82) is 0 Å². The minimum atomic E-state index is 0.102. The lowest BCUT2D eigenvalue weighted by atomic mass is 9.82. The monoisotopic (exact) mass is 232 g/mol. The van der Waals surface area contributed by atoms with Crippen LogP contribution in [0.3, 0.4) is 0 Å². The summed E-state index contributed by atoms with van der Waals surface area (Å²) in [4.78, 5) is 12.0. The molecule has 0 fully saturated rings. The molecule has 17 heavy (non-hydrogen) atoms. The van der Waals surface area contributed by atoms with Crippen LogP contribution < -0.4 is 0 Å². The van der Waals surface area contributed by atoms with Crippen LogP contribution in [0.5, 0.6) is 0 Å². The molecule has 1 nitrogen and oxygen atoms in total. The fourth-order valence-corrected chi connectivity index (χ4v) is 2.09. The van der Waals surface area contributed by atoms with Crippen molar-refractivity contribution in [1.82, 2.24) is 0 Å². The summed E-state index contributed by atoms with van der Waals surface area (Å²) in [6.07, 6.45) is 2.73. The van der Waals surface area contributed by atoms with E-state index in [2.05, 4.69) is 46.8 Å². The van der Waals surface area contributed by atoms with Crippen molar-refractivity contribution >= 4 is 5.78 Å². The maximum atomic E-state index is 12.0. The van der Waals surface area contributed by atoms with Crippen LogP contribution >= 0.6 is 0 Å². The summed E-state index contributed by atoms with van der Waals surface area (Å²) in [6, 6.07) is 6.11. The third-order valence-electron chi connectivity index (χ3n) is 3.12. The second-order valence-electron chi connectivity index (χ2n) is 5.81. The van der Waals surface area contributed by atoms with Crippen LogP contribution in [-0.4, -0.2) is 5.78 Å². The molecule has 94 valence electrons. The van der Waals surface area contributed by atoms with Gasteiger partial charge in [-0.05, 0) is 36.0 Å². The summed E-state index contributed by atoms with van der Waals surface area (Å²) in [5.41, 5.74) is 3.52. The quantitative estimate of drug-likeness (QED) is 0.690. The molecular formula is C16H24O. The number of aryl methyl sites for hydroxylation is 1. The predicted octanol–water partition coefficient (Wildman–Crippen LogP) is 4.67. The van der Waals surface area contributed by atoms with Crippen LogP contribution in [0.25, 0.3) is 0 Å². The smallest absolute Gasteiger partial charge is 0.162 e. The second-order valence-corrected chi connectivity index (χ2v) is 5.81. The molecule has 0 saturated carbocycles. The third-order valence-corrected chi connectivity index (χ3v) is 3.12. The molecule has 0 heterocycles. The van der Waals surface area contributed by atoms with E-state index in [1.165, 1.54) is 11.1 Å². The fraction of sp³-hybridized carbons (Fsp3) is 0.562. The van der Waals surface area contributed by atoms with Gasteiger partial charge in [0, 0.05) is 12.0 Å². The minimum Gasteiger partial charge on any atom is -0.294 e. The highest BCUT2D eigenvalue weighted by atomic mass is 16.1. The predicted molar refractivity (Wildman–Crippen MR) is 73.7 cm³/mol. The van der Waals surface area contributed by atoms with Crippen molar-refractivity contribution < 1.29 is 4.79 Å². The molecule has 0 aromatic heterocycles. The Morgan fingerprint density at radius 2 is 1.88 bits per heavy atom. The van der Waals surface area contributed by atoms with E-state index >= 15 is 0 Å². The molecule has 0 aliphatic heterocycles. The van der Waals surface area contributed by atoms with Gasteiger partial charge in [0.25, 0.3) is 0 Å². The van der Waals surface area contributed by atoms with E-state index < -0.39 is 0 Å². The van der Waals surface area contributed by atoms with Gasteiger partial charge in [-0.3, -0.25) is 4.79 Å². The summed E-state index contributed by atoms with van der Waals surface area (Å²) in [5, 5.41) is 0. The topological polar surface area (TPSA) is 17.1 Å². The first-order valence-electron chi connectivity index (χ1n) is 6.50. The molecule has 0 atom stereocenters. The van der Waals surface area contributed by atoms with Crippen molar-refractivity contribution in [2.24, 2.45) is 0 Å². The molecule has 0 aliphatic carbocycles. The van der Waals surface area contributed by atoms with Gasteiger partial charge in [-0.25, -0.2) is 0 Å². The van der Waals surface area contributed by atoms with Gasteiger partial charge >= 0.3 is 0 Å². The molecule has 0 bridgehead atoms. The lowest BCUT2D eigenvalue weighted by Gasteiger charge is -2.22. The third kappa shape index (κ3) is 3.69. The zero-order valence-corrected chi connectivity index (χ0v) is 11.8. The summed E-state index contributed by atoms with van der Waals surface area (Å²) < 4.78 is 0. The number of unbranched alkanes of at least 4 members (excludes halogenated alkanes) is 1. The molecule has 0 saturated heterocycles. The van der Waals surface area contributed by atoms with Gasteiger partial charge < -0.3 is 0 Å². The lowest BCUT2D eigenvalue weighted by Crippen LogP contribution is -2.14. The Morgan fingerprint density at radius 3 is 2.41 bits per heavy atom. The largest absolute Gasteiger partial charge is 0.294 e. The Bertz CT molecular complexity index is 396. The number of rotatable bonds is 4. The Morgan fingerprint density at radius 1 is 1.24 bits per heavy atom. The highest BCUT2D eigenvalue weighted by Crippen LogP contribution is 2.27. The van der Waals surface area contributed by atoms with Gasteiger partial charge in [0.2, 0.25) is 0 Å². The Kier molecular flexibility index (Phi) is 4.50. The summed E-state index contributed by atoms with van der Waals surface area (Å²) in [7, 11) is 0. The van der Waals surface area contributed by atoms with Gasteiger partial charge in [0.15, 0.2) is 5.78 Å². The zero-order chi connectivity index (χ0) is 13.1. The SMILES string of the molecule is CCCCC(=O)c1ccc(C)c(C(C)(C)C)c1. The zero-order valence-electron chi connectivity index (χ0n) is 11.8. The van der Waals surface area contributed by atoms with Crippen LogP contribution in [0.2, 0.25) is 0 Å². The van der Waals surface area contributed by atoms with Crippen molar-refractivity contribution in [2.45, 2.75) is 59.3 Å². The average Bonchev–Trinajstić information content (AvgIpc) is 2.25. The molecule has 0 N–H and O–H groups in total. The highest BCUT2D eigenvalue weighted by Gasteiger charge is 2.18. The van der Waals surface area contributed by atoms with E-state index in [0.717, 1.165) is 18.4 Å². The van der Waals surface area contributed by atoms with Gasteiger partial charge in [-0.1, -0.05) is 46.2 Å². The molecule has 1 aromatic rings. The molecule has 0 spiro atoms. The molecule has 0 radical (unpaired) electrons. The molecule has 1 heteroatoms. The van der Waals surface area contributed by atoms with Crippen molar-refractivity contribution in [3.63, 3.8) is 0 Å². The van der Waals surface area contributed by atoms with E-state index in [0.29, 0.717) is 6.42 Å². The molecule has 0 unspecified atom stereocenters. The average molecular weight is 232 g/mol. The number of ketones is 1. The van der Waals surface area contributed by atoms with Crippen molar-refractivity contribution in [3.05, 3.63) is 34.9 Å². The van der Waals surface area contributed by atoms with Crippen LogP contribution in [-0.2, 0) is 5.41 Å². The van der Waals surface area contributed by atoms with Gasteiger partial charge in [-0.15, -0.1) is 0 Å². The molecule has 1 aromatic carbocycles. The van der Waals surface area contributed by atoms with Crippen molar-refractivity contribution in [3.8, 4) is 0 Å². The van der Waals surface area contributed by atoms with E-state index in [9.17, 15) is 4.79 Å². The van der Waals surface area contributed by atoms with E-state index in [1.807, 2.05) is 6.07 Å². The van der Waals surface area contributed by atoms with Gasteiger partial charge in [0.05, 0.1) is 0 Å². The molecule has 1 rings (SSSR count). The van der Waals surface area contributed by atoms with Gasteiger partial charge in [-0.2, -0.15) is 0 Å².